The molecule has 15 heteroatoms. The predicted octanol–water partition coefficient (Wildman–Crippen LogP) is 7.33. The van der Waals surface area contributed by atoms with Crippen molar-refractivity contribution in [1.29, 1.82) is 0 Å². The number of carbonyl (C=O) groups is 5. The SMILES string of the molecule is CC(C)CC(NC(=O)C(CCC(=O)O)NC(=O)OCc1ccccc1)C(=O)NC(CCC(N)=O)P(=O)(Oc1ccc(C(C)(C)C)cc1)Oc1ccc(C(C)(C)C)cc1. The number of nitrogens with two attached hydrogens (primary N) is 1. The zero-order chi connectivity index (χ0) is 43.3. The van der Waals surface area contributed by atoms with Gasteiger partial charge in [0.2, 0.25) is 17.7 Å². The number of rotatable bonds is 20. The van der Waals surface area contributed by atoms with Crippen LogP contribution >= 0.6 is 7.60 Å². The molecule has 6 N–H and O–H groups in total. The van der Waals surface area contributed by atoms with Gasteiger partial charge in [0.15, 0.2) is 5.78 Å². The van der Waals surface area contributed by atoms with Crippen LogP contribution in [0.2, 0.25) is 0 Å². The van der Waals surface area contributed by atoms with Gasteiger partial charge in [-0.05, 0) is 77.0 Å². The number of amides is 4. The Bertz CT molecular complexity index is 1830. The summed E-state index contributed by atoms with van der Waals surface area (Å²) in [6, 6.07) is 20.0. The maximum absolute atomic E-state index is 15.2. The van der Waals surface area contributed by atoms with Crippen molar-refractivity contribution in [2.24, 2.45) is 11.7 Å². The third-order valence-corrected chi connectivity index (χ3v) is 11.2. The summed E-state index contributed by atoms with van der Waals surface area (Å²) in [5.41, 5.74) is 7.82. The van der Waals surface area contributed by atoms with Crippen LogP contribution in [0.1, 0.15) is 104 Å². The quantitative estimate of drug-likeness (QED) is 0.0716. The molecular formula is C43H59N4O10P. The van der Waals surface area contributed by atoms with Crippen molar-refractivity contribution in [3.63, 3.8) is 0 Å². The van der Waals surface area contributed by atoms with Crippen molar-refractivity contribution >= 4 is 37.4 Å². The molecule has 4 amide bonds. The fourth-order valence-corrected chi connectivity index (χ4v) is 7.60. The molecule has 14 nitrogen and oxygen atoms in total. The third-order valence-electron chi connectivity index (χ3n) is 9.07. The second-order valence-electron chi connectivity index (χ2n) is 16.7. The van der Waals surface area contributed by atoms with Crippen LogP contribution in [0.5, 0.6) is 11.5 Å². The molecule has 0 aliphatic heterocycles. The summed E-state index contributed by atoms with van der Waals surface area (Å²) in [5.74, 6) is -4.82. The van der Waals surface area contributed by atoms with E-state index in [4.69, 9.17) is 19.5 Å². The predicted molar refractivity (Wildman–Crippen MR) is 221 cm³/mol. The number of primary amides is 1. The van der Waals surface area contributed by atoms with E-state index in [1.165, 1.54) is 0 Å². The number of hydrogen-bond acceptors (Lipinski definition) is 9. The number of nitrogens with one attached hydrogen (secondary N) is 3. The van der Waals surface area contributed by atoms with E-state index in [9.17, 15) is 29.1 Å². The standard InChI is InChI=1S/C43H59N4O10P/c1-28(2)26-35(45-39(51)34(22-25-38(49)50)46-41(53)55-27-29-12-10-9-11-13-29)40(52)47-37(24-23-36(44)48)58(54,56-32-18-14-30(15-19-32)42(3,4)5)57-33-20-16-31(17-21-33)43(6,7)8/h9-21,28,34-35,37H,22-27H2,1-8H3,(H2,44,48)(H,45,51)(H,46,53)(H,47,52)(H,49,50). The van der Waals surface area contributed by atoms with Gasteiger partial charge in [-0.15, -0.1) is 0 Å². The van der Waals surface area contributed by atoms with Gasteiger partial charge in [-0.25, -0.2) is 9.36 Å². The topological polar surface area (TPSA) is 212 Å². The van der Waals surface area contributed by atoms with Crippen molar-refractivity contribution in [3.8, 4) is 11.5 Å². The Morgan fingerprint density at radius 1 is 0.690 bits per heavy atom. The molecule has 0 bridgehead atoms. The minimum absolute atomic E-state index is 0.0821. The molecule has 3 unspecified atom stereocenters. The molecular weight excluding hydrogens is 763 g/mol. The van der Waals surface area contributed by atoms with Gasteiger partial charge in [0, 0.05) is 12.8 Å². The lowest BCUT2D eigenvalue weighted by Crippen LogP contribution is -2.55. The summed E-state index contributed by atoms with van der Waals surface area (Å²) >= 11 is 0. The second-order valence-corrected chi connectivity index (χ2v) is 18.8. The Labute approximate surface area is 341 Å². The Balaban J connectivity index is 1.97. The van der Waals surface area contributed by atoms with Crippen LogP contribution in [0.3, 0.4) is 0 Å². The molecule has 3 aromatic carbocycles. The first-order valence-corrected chi connectivity index (χ1v) is 20.9. The third kappa shape index (κ3) is 15.5. The highest BCUT2D eigenvalue weighted by Gasteiger charge is 2.42. The number of carbonyl (C=O) groups excluding carboxylic acids is 4. The van der Waals surface area contributed by atoms with Gasteiger partial charge in [-0.1, -0.05) is 110 Å². The van der Waals surface area contributed by atoms with E-state index in [2.05, 4.69) is 16.0 Å². The maximum atomic E-state index is 15.2. The normalized spacial score (nSPS) is 13.4. The number of aliphatic carboxylic acids is 1. The van der Waals surface area contributed by atoms with Crippen LogP contribution in [-0.2, 0) is 45.9 Å². The highest BCUT2D eigenvalue weighted by molar-refractivity contribution is 7.55. The molecule has 0 saturated heterocycles. The molecule has 316 valence electrons. The number of hydrogen-bond donors (Lipinski definition) is 5. The second kappa shape index (κ2) is 20.9. The van der Waals surface area contributed by atoms with Crippen LogP contribution in [0.4, 0.5) is 4.79 Å². The summed E-state index contributed by atoms with van der Waals surface area (Å²) < 4.78 is 32.7. The smallest absolute Gasteiger partial charge is 0.452 e. The highest BCUT2D eigenvalue weighted by Crippen LogP contribution is 2.53. The van der Waals surface area contributed by atoms with Gasteiger partial charge in [-0.3, -0.25) is 19.2 Å². The number of carboxylic acid groups (broad SMARTS) is 1. The molecule has 58 heavy (non-hydrogen) atoms. The van der Waals surface area contributed by atoms with Crippen molar-refractivity contribution < 1.29 is 47.4 Å². The van der Waals surface area contributed by atoms with Crippen LogP contribution in [0.15, 0.2) is 78.9 Å². The maximum Gasteiger partial charge on any atom is 0.452 e. The molecule has 0 fully saturated rings. The fraction of sp³-hybridized carbons (Fsp3) is 0.465. The average Bonchev–Trinajstić information content (AvgIpc) is 3.13. The Morgan fingerprint density at radius 2 is 1.19 bits per heavy atom. The van der Waals surface area contributed by atoms with Crippen LogP contribution in [-0.4, -0.2) is 52.8 Å². The Morgan fingerprint density at radius 3 is 1.64 bits per heavy atom. The summed E-state index contributed by atoms with van der Waals surface area (Å²) in [7, 11) is -4.49. The van der Waals surface area contributed by atoms with Gasteiger partial charge in [0.1, 0.15) is 30.2 Å². The molecule has 0 radical (unpaired) electrons. The minimum atomic E-state index is -4.49. The molecule has 0 aliphatic rings. The molecule has 0 heterocycles. The molecule has 0 spiro atoms. The van der Waals surface area contributed by atoms with Crippen molar-refractivity contribution in [3.05, 3.63) is 95.6 Å². The number of ether oxygens (including phenoxy) is 1. The number of alkyl carbamates (subject to hydrolysis) is 1. The fourth-order valence-electron chi connectivity index (χ4n) is 5.74. The first kappa shape index (κ1) is 47.0. The van der Waals surface area contributed by atoms with E-state index in [0.717, 1.165) is 11.1 Å². The van der Waals surface area contributed by atoms with E-state index in [1.807, 2.05) is 79.7 Å². The molecule has 3 aromatic rings. The van der Waals surface area contributed by atoms with Crippen molar-refractivity contribution in [2.45, 2.75) is 123 Å². The average molecular weight is 823 g/mol. The molecule has 3 rings (SSSR count). The number of benzene rings is 3. The molecule has 0 aliphatic carbocycles. The first-order chi connectivity index (χ1) is 27.1. The van der Waals surface area contributed by atoms with Crippen LogP contribution in [0.25, 0.3) is 0 Å². The monoisotopic (exact) mass is 822 g/mol. The van der Waals surface area contributed by atoms with E-state index in [0.29, 0.717) is 5.56 Å². The summed E-state index contributed by atoms with van der Waals surface area (Å²) in [5, 5.41) is 17.1. The van der Waals surface area contributed by atoms with Gasteiger partial charge in [0.25, 0.3) is 0 Å². The lowest BCUT2D eigenvalue weighted by molar-refractivity contribution is -0.137. The summed E-state index contributed by atoms with van der Waals surface area (Å²) in [4.78, 5) is 64.3. The number of carboxylic acids is 1. The molecule has 0 aromatic heterocycles. The van der Waals surface area contributed by atoms with Gasteiger partial charge in [-0.2, -0.15) is 0 Å². The van der Waals surface area contributed by atoms with Crippen molar-refractivity contribution in [2.75, 3.05) is 0 Å². The highest BCUT2D eigenvalue weighted by atomic mass is 31.2. The summed E-state index contributed by atoms with van der Waals surface area (Å²) in [6.07, 6.45) is -2.22. The first-order valence-electron chi connectivity index (χ1n) is 19.3. The molecule has 3 atom stereocenters. The van der Waals surface area contributed by atoms with Crippen LogP contribution in [0, 0.1) is 5.92 Å². The Kier molecular flexibility index (Phi) is 16.9. The lowest BCUT2D eigenvalue weighted by atomic mass is 9.87. The van der Waals surface area contributed by atoms with Gasteiger partial charge < -0.3 is 40.6 Å². The van der Waals surface area contributed by atoms with E-state index >= 15 is 4.57 Å². The van der Waals surface area contributed by atoms with E-state index in [1.54, 1.807) is 54.6 Å². The van der Waals surface area contributed by atoms with Gasteiger partial charge in [0.05, 0.1) is 0 Å². The van der Waals surface area contributed by atoms with Crippen LogP contribution < -0.4 is 30.7 Å². The van der Waals surface area contributed by atoms with Gasteiger partial charge >= 0.3 is 19.7 Å². The minimum Gasteiger partial charge on any atom is -0.481 e. The zero-order valence-corrected chi connectivity index (χ0v) is 35.6. The largest absolute Gasteiger partial charge is 0.481 e. The van der Waals surface area contributed by atoms with E-state index in [-0.39, 0.29) is 60.5 Å². The molecule has 0 saturated carbocycles. The summed E-state index contributed by atoms with van der Waals surface area (Å²) in [6.45, 7) is 15.8. The van der Waals surface area contributed by atoms with Crippen molar-refractivity contribution in [1.82, 2.24) is 16.0 Å². The lowest BCUT2D eigenvalue weighted by Gasteiger charge is -2.30. The zero-order valence-electron chi connectivity index (χ0n) is 34.7. The Hall–Kier alpha value is -5.36. The van der Waals surface area contributed by atoms with E-state index < -0.39 is 61.7 Å².